The van der Waals surface area contributed by atoms with Crippen LogP contribution in [0, 0.1) is 12.3 Å². The highest BCUT2D eigenvalue weighted by Crippen LogP contribution is 2.41. The highest BCUT2D eigenvalue weighted by molar-refractivity contribution is 5.87. The molecular weight excluding hydrogens is 320 g/mol. The topological polar surface area (TPSA) is 56.0 Å². The number of aryl methyl sites for hydroxylation is 2. The molecule has 1 aliphatic rings. The molecule has 138 valence electrons. The minimum Gasteiger partial charge on any atom is -0.369 e. The van der Waals surface area contributed by atoms with Gasteiger partial charge in [-0.15, -0.1) is 0 Å². The average Bonchev–Trinajstić information content (AvgIpc) is 2.58. The van der Waals surface area contributed by atoms with E-state index in [2.05, 4.69) is 45.0 Å². The van der Waals surface area contributed by atoms with Crippen molar-refractivity contribution in [3.63, 3.8) is 0 Å². The predicted octanol–water partition coefficient (Wildman–Crippen LogP) is 4.94. The first kappa shape index (κ1) is 18.6. The smallest absolute Gasteiger partial charge is 0.225 e. The van der Waals surface area contributed by atoms with Crippen LogP contribution in [0.3, 0.4) is 0 Å². The van der Waals surface area contributed by atoms with Crippen LogP contribution in [-0.4, -0.2) is 10.9 Å². The lowest BCUT2D eigenvalue weighted by Crippen LogP contribution is -2.28. The molecule has 0 aliphatic heterocycles. The van der Waals surface area contributed by atoms with Crippen LogP contribution < -0.4 is 5.73 Å². The second-order valence-electron chi connectivity index (χ2n) is 8.70. The molecule has 2 N–H and O–H groups in total. The monoisotopic (exact) mass is 350 g/mol. The molecule has 1 aromatic carbocycles. The molecule has 3 rings (SSSR count). The number of pyridine rings is 1. The van der Waals surface area contributed by atoms with Crippen molar-refractivity contribution in [2.45, 2.75) is 65.7 Å². The van der Waals surface area contributed by atoms with E-state index in [0.29, 0.717) is 0 Å². The van der Waals surface area contributed by atoms with Crippen LogP contribution in [0.5, 0.6) is 0 Å². The van der Waals surface area contributed by atoms with Crippen LogP contribution in [0.15, 0.2) is 30.3 Å². The maximum absolute atomic E-state index is 12.5. The summed E-state index contributed by atoms with van der Waals surface area (Å²) < 4.78 is 0. The second-order valence-corrected chi connectivity index (χ2v) is 8.70. The zero-order valence-corrected chi connectivity index (χ0v) is 16.4. The zero-order chi connectivity index (χ0) is 18.9. The number of rotatable bonds is 4. The number of nitrogens with two attached hydrogens (primary N) is 1. The molecule has 0 spiro atoms. The Kier molecular flexibility index (Phi) is 5.17. The maximum Gasteiger partial charge on any atom is 0.225 e. The first-order valence-corrected chi connectivity index (χ1v) is 9.65. The Balaban J connectivity index is 2.28. The molecule has 0 saturated heterocycles. The van der Waals surface area contributed by atoms with Crippen molar-refractivity contribution in [1.29, 1.82) is 0 Å². The van der Waals surface area contributed by atoms with E-state index in [-0.39, 0.29) is 17.2 Å². The molecule has 0 radical (unpaired) electrons. The first-order chi connectivity index (χ1) is 12.3. The summed E-state index contributed by atoms with van der Waals surface area (Å²) in [4.78, 5) is 17.4. The third kappa shape index (κ3) is 3.82. The van der Waals surface area contributed by atoms with E-state index < -0.39 is 0 Å². The number of benzene rings is 1. The molecule has 3 nitrogen and oxygen atoms in total. The van der Waals surface area contributed by atoms with Crippen LogP contribution in [0.1, 0.15) is 68.5 Å². The number of amides is 1. The van der Waals surface area contributed by atoms with Gasteiger partial charge in [-0.25, -0.2) is 0 Å². The number of fused-ring (bicyclic) bond motifs is 1. The van der Waals surface area contributed by atoms with Crippen LogP contribution in [0.2, 0.25) is 0 Å². The van der Waals surface area contributed by atoms with E-state index in [9.17, 15) is 4.79 Å². The second kappa shape index (κ2) is 7.22. The zero-order valence-electron chi connectivity index (χ0n) is 16.4. The normalized spacial score (nSPS) is 15.4. The van der Waals surface area contributed by atoms with Gasteiger partial charge in [0.1, 0.15) is 0 Å². The number of hydrogen-bond donors (Lipinski definition) is 1. The SMILES string of the molecule is Cc1nc2c(c(-c3ccccc3)c1C(CC(C)(C)C)C(N)=O)CCCC2. The quantitative estimate of drug-likeness (QED) is 0.849. The van der Waals surface area contributed by atoms with Crippen molar-refractivity contribution < 1.29 is 4.79 Å². The summed E-state index contributed by atoms with van der Waals surface area (Å²) in [6.07, 6.45) is 5.15. The Morgan fingerprint density at radius 1 is 1.15 bits per heavy atom. The van der Waals surface area contributed by atoms with Crippen LogP contribution in [0.25, 0.3) is 11.1 Å². The molecule has 1 aromatic heterocycles. The molecule has 1 atom stereocenters. The van der Waals surface area contributed by atoms with Gasteiger partial charge in [0.15, 0.2) is 0 Å². The number of carbonyl (C=O) groups is 1. The molecule has 2 aromatic rings. The molecule has 1 unspecified atom stereocenters. The van der Waals surface area contributed by atoms with Gasteiger partial charge in [0.2, 0.25) is 5.91 Å². The lowest BCUT2D eigenvalue weighted by Gasteiger charge is -2.30. The molecular formula is C23H30N2O. The number of aromatic nitrogens is 1. The summed E-state index contributed by atoms with van der Waals surface area (Å²) in [6.45, 7) is 8.51. The minimum absolute atomic E-state index is 0.00992. The first-order valence-electron chi connectivity index (χ1n) is 9.65. The highest BCUT2D eigenvalue weighted by Gasteiger charge is 2.31. The fourth-order valence-electron chi connectivity index (χ4n) is 4.21. The molecule has 0 fully saturated rings. The Morgan fingerprint density at radius 3 is 2.42 bits per heavy atom. The summed E-state index contributed by atoms with van der Waals surface area (Å²) in [5.41, 5.74) is 12.8. The summed E-state index contributed by atoms with van der Waals surface area (Å²) in [6, 6.07) is 10.4. The number of carbonyl (C=O) groups excluding carboxylic acids is 1. The Bertz CT molecular complexity index is 803. The summed E-state index contributed by atoms with van der Waals surface area (Å²) in [7, 11) is 0. The van der Waals surface area contributed by atoms with Gasteiger partial charge in [0.05, 0.1) is 5.92 Å². The van der Waals surface area contributed by atoms with Gasteiger partial charge in [-0.2, -0.15) is 0 Å². The lowest BCUT2D eigenvalue weighted by molar-refractivity contribution is -0.120. The molecule has 1 amide bonds. The summed E-state index contributed by atoms with van der Waals surface area (Å²) in [5.74, 6) is -0.567. The van der Waals surface area contributed by atoms with E-state index in [1.54, 1.807) is 0 Å². The third-order valence-corrected chi connectivity index (χ3v) is 5.27. The van der Waals surface area contributed by atoms with Crippen molar-refractivity contribution in [3.8, 4) is 11.1 Å². The van der Waals surface area contributed by atoms with Crippen molar-refractivity contribution in [1.82, 2.24) is 4.98 Å². The van der Waals surface area contributed by atoms with Crippen LogP contribution in [-0.2, 0) is 17.6 Å². The average molecular weight is 351 g/mol. The minimum atomic E-state index is -0.315. The van der Waals surface area contributed by atoms with Crippen molar-refractivity contribution >= 4 is 5.91 Å². The molecule has 0 saturated carbocycles. The summed E-state index contributed by atoms with van der Waals surface area (Å²) in [5, 5.41) is 0. The Morgan fingerprint density at radius 2 is 1.81 bits per heavy atom. The van der Waals surface area contributed by atoms with E-state index in [0.717, 1.165) is 30.5 Å². The van der Waals surface area contributed by atoms with E-state index in [1.807, 2.05) is 13.0 Å². The third-order valence-electron chi connectivity index (χ3n) is 5.27. The van der Waals surface area contributed by atoms with Gasteiger partial charge in [-0.1, -0.05) is 51.1 Å². The van der Waals surface area contributed by atoms with E-state index in [1.165, 1.54) is 35.2 Å². The fraction of sp³-hybridized carbons (Fsp3) is 0.478. The number of primary amides is 1. The van der Waals surface area contributed by atoms with E-state index >= 15 is 0 Å². The predicted molar refractivity (Wildman–Crippen MR) is 107 cm³/mol. The van der Waals surface area contributed by atoms with Crippen molar-refractivity contribution in [2.24, 2.45) is 11.1 Å². The van der Waals surface area contributed by atoms with Crippen LogP contribution in [0.4, 0.5) is 0 Å². The highest BCUT2D eigenvalue weighted by atomic mass is 16.1. The van der Waals surface area contributed by atoms with Gasteiger partial charge >= 0.3 is 0 Å². The standard InChI is InChI=1S/C23H30N2O/c1-15-20(18(22(24)26)14-23(2,3)4)21(16-10-6-5-7-11-16)17-12-8-9-13-19(17)25-15/h5-7,10-11,18H,8-9,12-14H2,1-4H3,(H2,24,26). The van der Waals surface area contributed by atoms with Gasteiger partial charge in [0.25, 0.3) is 0 Å². The molecule has 1 aliphatic carbocycles. The molecule has 3 heteroatoms. The number of nitrogens with zero attached hydrogens (tertiary/aromatic N) is 1. The largest absolute Gasteiger partial charge is 0.369 e. The fourth-order valence-corrected chi connectivity index (χ4v) is 4.21. The van der Waals surface area contributed by atoms with Gasteiger partial charge in [-0.3, -0.25) is 9.78 Å². The van der Waals surface area contributed by atoms with Crippen molar-refractivity contribution in [3.05, 3.63) is 52.8 Å². The Hall–Kier alpha value is -2.16. The van der Waals surface area contributed by atoms with Gasteiger partial charge in [0, 0.05) is 11.4 Å². The summed E-state index contributed by atoms with van der Waals surface area (Å²) >= 11 is 0. The Labute approximate surface area is 157 Å². The molecule has 0 bridgehead atoms. The van der Waals surface area contributed by atoms with Crippen LogP contribution >= 0.6 is 0 Å². The molecule has 26 heavy (non-hydrogen) atoms. The number of hydrogen-bond acceptors (Lipinski definition) is 2. The van der Waals surface area contributed by atoms with Crippen molar-refractivity contribution in [2.75, 3.05) is 0 Å². The maximum atomic E-state index is 12.5. The van der Waals surface area contributed by atoms with Gasteiger partial charge < -0.3 is 5.73 Å². The van der Waals surface area contributed by atoms with Gasteiger partial charge in [-0.05, 0) is 66.7 Å². The molecule has 1 heterocycles. The lowest BCUT2D eigenvalue weighted by atomic mass is 9.76. The van der Waals surface area contributed by atoms with E-state index in [4.69, 9.17) is 10.7 Å².